The first-order valence-electron chi connectivity index (χ1n) is 6.47. The monoisotopic (exact) mass is 282 g/mol. The van der Waals surface area contributed by atoms with Gasteiger partial charge in [-0.05, 0) is 43.2 Å². The Hall–Kier alpha value is -1.56. The zero-order chi connectivity index (χ0) is 13.7. The number of hydrogen-bond acceptors (Lipinski definition) is 4. The molecule has 1 atom stereocenters. The normalized spacial score (nSPS) is 17.4. The fraction of sp³-hybridized carbons (Fsp3) is 0.538. The van der Waals surface area contributed by atoms with Gasteiger partial charge in [-0.3, -0.25) is 4.79 Å². The lowest BCUT2D eigenvalue weighted by Crippen LogP contribution is -2.41. The van der Waals surface area contributed by atoms with Crippen molar-refractivity contribution < 1.29 is 14.3 Å². The highest BCUT2D eigenvalue weighted by Gasteiger charge is 2.22. The highest BCUT2D eigenvalue weighted by molar-refractivity contribution is 7.10. The highest BCUT2D eigenvalue weighted by atomic mass is 32.1. The summed E-state index contributed by atoms with van der Waals surface area (Å²) in [4.78, 5) is 24.2. The number of thiophene rings is 1. The van der Waals surface area contributed by atoms with Crippen LogP contribution in [0.3, 0.4) is 0 Å². The van der Waals surface area contributed by atoms with Crippen LogP contribution in [0.15, 0.2) is 11.4 Å². The number of amides is 2. The number of ether oxygens (including phenoxy) is 1. The second-order valence-corrected chi connectivity index (χ2v) is 5.38. The molecule has 2 amide bonds. The lowest BCUT2D eigenvalue weighted by atomic mass is 9.94. The van der Waals surface area contributed by atoms with Gasteiger partial charge in [0, 0.05) is 4.88 Å². The molecule has 19 heavy (non-hydrogen) atoms. The van der Waals surface area contributed by atoms with Crippen molar-refractivity contribution in [3.05, 3.63) is 21.9 Å². The number of fused-ring (bicyclic) bond motifs is 1. The van der Waals surface area contributed by atoms with E-state index >= 15 is 0 Å². The van der Waals surface area contributed by atoms with Gasteiger partial charge in [-0.25, -0.2) is 4.79 Å². The number of aryl methyl sites for hydroxylation is 1. The molecule has 2 N–H and O–H groups in total. The second kappa shape index (κ2) is 6.56. The summed E-state index contributed by atoms with van der Waals surface area (Å²) in [6.07, 6.45) is 3.11. The molecule has 6 heteroatoms. The minimum absolute atomic E-state index is 0.0530. The molecule has 0 fully saturated rings. The smallest absolute Gasteiger partial charge is 0.325 e. The van der Waals surface area contributed by atoms with Crippen molar-refractivity contribution in [3.8, 4) is 0 Å². The molecular weight excluding hydrogens is 264 g/mol. The lowest BCUT2D eigenvalue weighted by Gasteiger charge is -2.23. The van der Waals surface area contributed by atoms with Crippen LogP contribution in [-0.4, -0.2) is 25.2 Å². The molecule has 0 saturated heterocycles. The molecule has 1 aromatic heterocycles. The summed E-state index contributed by atoms with van der Waals surface area (Å²) in [6, 6.07) is 1.80. The fourth-order valence-electron chi connectivity index (χ4n) is 2.21. The fourth-order valence-corrected chi connectivity index (χ4v) is 3.20. The Kier molecular flexibility index (Phi) is 4.79. The number of urea groups is 1. The first kappa shape index (κ1) is 13.9. The van der Waals surface area contributed by atoms with E-state index in [4.69, 9.17) is 4.74 Å². The number of carbonyl (C=O) groups is 2. The summed E-state index contributed by atoms with van der Waals surface area (Å²) in [5.41, 5.74) is 1.21. The van der Waals surface area contributed by atoms with E-state index in [0.29, 0.717) is 6.61 Å². The molecule has 1 aliphatic carbocycles. The van der Waals surface area contributed by atoms with E-state index in [-0.39, 0.29) is 18.6 Å². The van der Waals surface area contributed by atoms with E-state index in [0.717, 1.165) is 19.3 Å². The second-order valence-electron chi connectivity index (χ2n) is 4.38. The van der Waals surface area contributed by atoms with Gasteiger partial charge in [-0.2, -0.15) is 0 Å². The Bertz CT molecular complexity index is 458. The maximum absolute atomic E-state index is 11.7. The van der Waals surface area contributed by atoms with E-state index in [1.54, 1.807) is 18.3 Å². The van der Waals surface area contributed by atoms with Gasteiger partial charge in [0.15, 0.2) is 0 Å². The van der Waals surface area contributed by atoms with Gasteiger partial charge >= 0.3 is 12.0 Å². The van der Waals surface area contributed by atoms with Gasteiger partial charge in [0.25, 0.3) is 0 Å². The van der Waals surface area contributed by atoms with Crippen LogP contribution in [0, 0.1) is 0 Å². The average Bonchev–Trinajstić information content (AvgIpc) is 2.86. The molecular formula is C13H18N2O3S. The average molecular weight is 282 g/mol. The van der Waals surface area contributed by atoms with E-state index in [9.17, 15) is 9.59 Å². The van der Waals surface area contributed by atoms with Crippen LogP contribution in [-0.2, 0) is 16.0 Å². The zero-order valence-electron chi connectivity index (χ0n) is 10.9. The van der Waals surface area contributed by atoms with Crippen LogP contribution in [0.5, 0.6) is 0 Å². The number of carbonyl (C=O) groups excluding carboxylic acids is 2. The third-order valence-corrected chi connectivity index (χ3v) is 4.05. The molecule has 104 valence electrons. The maximum Gasteiger partial charge on any atom is 0.325 e. The molecule has 1 heterocycles. The molecule has 0 spiro atoms. The maximum atomic E-state index is 11.7. The predicted octanol–water partition coefficient (Wildman–Crippen LogP) is 1.99. The van der Waals surface area contributed by atoms with Crippen LogP contribution in [0.25, 0.3) is 0 Å². The summed E-state index contributed by atoms with van der Waals surface area (Å²) in [6.45, 7) is 1.96. The van der Waals surface area contributed by atoms with Gasteiger partial charge in [0.2, 0.25) is 0 Å². The number of nitrogens with one attached hydrogen (secondary N) is 2. The molecule has 0 saturated carbocycles. The Labute approximate surface area is 116 Å². The largest absolute Gasteiger partial charge is 0.465 e. The lowest BCUT2D eigenvalue weighted by molar-refractivity contribution is -0.141. The topological polar surface area (TPSA) is 67.4 Å². The summed E-state index contributed by atoms with van der Waals surface area (Å²) in [5, 5.41) is 7.48. The van der Waals surface area contributed by atoms with E-state index in [2.05, 4.69) is 22.1 Å². The summed E-state index contributed by atoms with van der Waals surface area (Å²) in [5.74, 6) is -0.419. The highest BCUT2D eigenvalue weighted by Crippen LogP contribution is 2.32. The zero-order valence-corrected chi connectivity index (χ0v) is 11.7. The van der Waals surface area contributed by atoms with E-state index in [1.807, 2.05) is 0 Å². The van der Waals surface area contributed by atoms with Crippen LogP contribution in [0.4, 0.5) is 4.79 Å². The Balaban J connectivity index is 1.82. The molecule has 1 aliphatic rings. The standard InChI is InChI=1S/C13H18N2O3S/c1-2-18-12(16)8-14-13(17)15-10-4-3-5-11-9(10)6-7-19-11/h6-7,10H,2-5,8H2,1H3,(H2,14,15,17). The van der Waals surface area contributed by atoms with Crippen molar-refractivity contribution in [2.45, 2.75) is 32.2 Å². The molecule has 1 unspecified atom stereocenters. The molecule has 1 aromatic rings. The van der Waals surface area contributed by atoms with E-state index < -0.39 is 5.97 Å². The third kappa shape index (κ3) is 3.70. The Morgan fingerprint density at radius 1 is 1.53 bits per heavy atom. The molecule has 0 radical (unpaired) electrons. The number of rotatable bonds is 4. The number of esters is 1. The minimum Gasteiger partial charge on any atom is -0.465 e. The Morgan fingerprint density at radius 3 is 3.16 bits per heavy atom. The van der Waals surface area contributed by atoms with Crippen molar-refractivity contribution >= 4 is 23.3 Å². The first-order chi connectivity index (χ1) is 9.20. The summed E-state index contributed by atoms with van der Waals surface area (Å²) >= 11 is 1.74. The van der Waals surface area contributed by atoms with E-state index in [1.165, 1.54) is 10.4 Å². The van der Waals surface area contributed by atoms with Gasteiger partial charge in [-0.1, -0.05) is 0 Å². The van der Waals surface area contributed by atoms with Crippen molar-refractivity contribution in [3.63, 3.8) is 0 Å². The quantitative estimate of drug-likeness (QED) is 0.830. The van der Waals surface area contributed by atoms with Gasteiger partial charge in [0.05, 0.1) is 12.6 Å². The van der Waals surface area contributed by atoms with Crippen molar-refractivity contribution in [1.29, 1.82) is 0 Å². The van der Waals surface area contributed by atoms with Crippen LogP contribution in [0.2, 0.25) is 0 Å². The number of hydrogen-bond donors (Lipinski definition) is 2. The molecule has 0 aliphatic heterocycles. The Morgan fingerprint density at radius 2 is 2.37 bits per heavy atom. The van der Waals surface area contributed by atoms with Crippen LogP contribution >= 0.6 is 11.3 Å². The first-order valence-corrected chi connectivity index (χ1v) is 7.35. The van der Waals surface area contributed by atoms with Crippen molar-refractivity contribution in [2.24, 2.45) is 0 Å². The molecule has 0 bridgehead atoms. The summed E-state index contributed by atoms with van der Waals surface area (Å²) in [7, 11) is 0. The van der Waals surface area contributed by atoms with Crippen LogP contribution < -0.4 is 10.6 Å². The molecule has 0 aromatic carbocycles. The molecule has 5 nitrogen and oxygen atoms in total. The van der Waals surface area contributed by atoms with Crippen LogP contribution in [0.1, 0.15) is 36.2 Å². The predicted molar refractivity (Wildman–Crippen MR) is 73.2 cm³/mol. The third-order valence-electron chi connectivity index (χ3n) is 3.06. The van der Waals surface area contributed by atoms with Crippen molar-refractivity contribution in [2.75, 3.05) is 13.2 Å². The minimum atomic E-state index is -0.419. The SMILES string of the molecule is CCOC(=O)CNC(=O)NC1CCCc2sccc21. The molecule has 2 rings (SSSR count). The van der Waals surface area contributed by atoms with Gasteiger partial charge in [0.1, 0.15) is 6.54 Å². The van der Waals surface area contributed by atoms with Gasteiger partial charge < -0.3 is 15.4 Å². The summed E-state index contributed by atoms with van der Waals surface area (Å²) < 4.78 is 4.75. The van der Waals surface area contributed by atoms with Crippen molar-refractivity contribution in [1.82, 2.24) is 10.6 Å². The van der Waals surface area contributed by atoms with Gasteiger partial charge in [-0.15, -0.1) is 11.3 Å².